The molecule has 2 aromatic carbocycles. The molecule has 1 aromatic heterocycles. The summed E-state index contributed by atoms with van der Waals surface area (Å²) in [5, 5.41) is 0.158. The molecule has 0 bridgehead atoms. The van der Waals surface area contributed by atoms with Crippen molar-refractivity contribution < 1.29 is 22.6 Å². The number of benzene rings is 2. The number of aromatic nitrogens is 1. The molecule has 3 aromatic rings. The predicted molar refractivity (Wildman–Crippen MR) is 101 cm³/mol. The van der Waals surface area contributed by atoms with Crippen LogP contribution in [0, 0.1) is 17.5 Å². The average Bonchev–Trinajstić information content (AvgIpc) is 2.65. The zero-order valence-corrected chi connectivity index (χ0v) is 15.9. The van der Waals surface area contributed by atoms with Gasteiger partial charge in [-0.2, -0.15) is 0 Å². The Labute approximate surface area is 163 Å². The lowest BCUT2D eigenvalue weighted by Crippen LogP contribution is -2.19. The van der Waals surface area contributed by atoms with Gasteiger partial charge in [-0.3, -0.25) is 4.79 Å². The SMILES string of the molecule is COc1cc(OC)c(Cl)c(-c2ccc(=O)n(C)c2-c2c(F)cc(F)cc2F)c1. The molecule has 0 N–H and O–H groups in total. The fourth-order valence-corrected chi connectivity index (χ4v) is 3.25. The molecule has 0 aliphatic carbocycles. The zero-order chi connectivity index (χ0) is 20.6. The van der Waals surface area contributed by atoms with Gasteiger partial charge in [0.15, 0.2) is 0 Å². The molecular formula is C20H15ClF3NO3. The summed E-state index contributed by atoms with van der Waals surface area (Å²) in [6.45, 7) is 0. The number of hydrogen-bond donors (Lipinski definition) is 0. The first-order valence-corrected chi connectivity index (χ1v) is 8.43. The number of nitrogens with zero attached hydrogens (tertiary/aromatic N) is 1. The second-order valence-electron chi connectivity index (χ2n) is 5.93. The van der Waals surface area contributed by atoms with Crippen molar-refractivity contribution in [2.75, 3.05) is 14.2 Å². The summed E-state index contributed by atoms with van der Waals surface area (Å²) in [5.41, 5.74) is -0.581. The highest BCUT2D eigenvalue weighted by Crippen LogP contribution is 2.43. The molecule has 0 saturated heterocycles. The van der Waals surface area contributed by atoms with Crippen LogP contribution in [0.5, 0.6) is 11.5 Å². The van der Waals surface area contributed by atoms with Crippen LogP contribution in [0.15, 0.2) is 41.2 Å². The minimum atomic E-state index is -1.15. The summed E-state index contributed by atoms with van der Waals surface area (Å²) >= 11 is 6.41. The topological polar surface area (TPSA) is 40.5 Å². The molecule has 8 heteroatoms. The van der Waals surface area contributed by atoms with Gasteiger partial charge in [0.05, 0.1) is 30.5 Å². The van der Waals surface area contributed by atoms with Crippen molar-refractivity contribution in [2.45, 2.75) is 0 Å². The number of methoxy groups -OCH3 is 2. The third-order valence-electron chi connectivity index (χ3n) is 4.32. The maximum Gasteiger partial charge on any atom is 0.250 e. The van der Waals surface area contributed by atoms with Gasteiger partial charge in [0.25, 0.3) is 5.56 Å². The maximum atomic E-state index is 14.5. The Balaban J connectivity index is 2.44. The van der Waals surface area contributed by atoms with Crippen LogP contribution in [0.1, 0.15) is 0 Å². The molecule has 0 saturated carbocycles. The largest absolute Gasteiger partial charge is 0.497 e. The van der Waals surface area contributed by atoms with Crippen molar-refractivity contribution in [3.63, 3.8) is 0 Å². The van der Waals surface area contributed by atoms with Crippen LogP contribution >= 0.6 is 11.6 Å². The van der Waals surface area contributed by atoms with E-state index in [1.165, 1.54) is 33.4 Å². The van der Waals surface area contributed by atoms with Crippen molar-refractivity contribution in [1.82, 2.24) is 4.57 Å². The Morgan fingerprint density at radius 2 is 1.57 bits per heavy atom. The Morgan fingerprint density at radius 1 is 0.929 bits per heavy atom. The Bertz CT molecular complexity index is 1110. The lowest BCUT2D eigenvalue weighted by atomic mass is 9.97. The van der Waals surface area contributed by atoms with E-state index in [1.54, 1.807) is 12.1 Å². The Hall–Kier alpha value is -2.93. The quantitative estimate of drug-likeness (QED) is 0.621. The van der Waals surface area contributed by atoms with Crippen molar-refractivity contribution >= 4 is 11.6 Å². The summed E-state index contributed by atoms with van der Waals surface area (Å²) in [6, 6.07) is 6.82. The van der Waals surface area contributed by atoms with Crippen LogP contribution in [0.25, 0.3) is 22.4 Å². The normalized spacial score (nSPS) is 10.8. The first-order valence-electron chi connectivity index (χ1n) is 8.05. The highest BCUT2D eigenvalue weighted by Gasteiger charge is 2.23. The van der Waals surface area contributed by atoms with Crippen molar-refractivity contribution in [3.05, 3.63) is 69.2 Å². The molecule has 0 spiro atoms. The molecule has 0 radical (unpaired) electrons. The highest BCUT2D eigenvalue weighted by molar-refractivity contribution is 6.35. The third kappa shape index (κ3) is 3.33. The van der Waals surface area contributed by atoms with Gasteiger partial charge in [-0.05, 0) is 12.1 Å². The van der Waals surface area contributed by atoms with E-state index in [2.05, 4.69) is 0 Å². The molecule has 0 fully saturated rings. The van der Waals surface area contributed by atoms with Gasteiger partial charge in [-0.25, -0.2) is 13.2 Å². The minimum Gasteiger partial charge on any atom is -0.497 e. The summed E-state index contributed by atoms with van der Waals surface area (Å²) in [5.74, 6) is -2.70. The van der Waals surface area contributed by atoms with Gasteiger partial charge >= 0.3 is 0 Å². The van der Waals surface area contributed by atoms with Gasteiger partial charge in [0.2, 0.25) is 0 Å². The summed E-state index contributed by atoms with van der Waals surface area (Å²) in [6.07, 6.45) is 0. The van der Waals surface area contributed by atoms with Crippen LogP contribution in [-0.2, 0) is 7.05 Å². The third-order valence-corrected chi connectivity index (χ3v) is 4.71. The molecule has 3 rings (SSSR count). The summed E-state index contributed by atoms with van der Waals surface area (Å²) < 4.78 is 54.0. The number of halogens is 4. The van der Waals surface area contributed by atoms with E-state index < -0.39 is 28.6 Å². The fraction of sp³-hybridized carbons (Fsp3) is 0.150. The number of rotatable bonds is 4. The maximum absolute atomic E-state index is 14.5. The molecule has 0 aliphatic rings. The smallest absolute Gasteiger partial charge is 0.250 e. The molecule has 1 heterocycles. The van der Waals surface area contributed by atoms with Crippen LogP contribution in [-0.4, -0.2) is 18.8 Å². The van der Waals surface area contributed by atoms with Crippen LogP contribution < -0.4 is 15.0 Å². The second kappa shape index (κ2) is 7.59. The average molecular weight is 410 g/mol. The molecule has 146 valence electrons. The Kier molecular flexibility index (Phi) is 5.38. The van der Waals surface area contributed by atoms with E-state index >= 15 is 0 Å². The van der Waals surface area contributed by atoms with Gasteiger partial charge in [-0.15, -0.1) is 0 Å². The van der Waals surface area contributed by atoms with E-state index in [0.717, 1.165) is 4.57 Å². The van der Waals surface area contributed by atoms with Crippen LogP contribution in [0.2, 0.25) is 5.02 Å². The number of hydrogen-bond acceptors (Lipinski definition) is 3. The molecule has 0 unspecified atom stereocenters. The predicted octanol–water partition coefficient (Wildman–Crippen LogP) is 4.81. The standard InChI is InChI=1S/C20H15ClF3NO3/c1-25-17(26)5-4-12(13-8-11(27-2)9-16(28-3)19(13)21)20(25)18-14(23)6-10(22)7-15(18)24/h4-9H,1-3H3. The van der Waals surface area contributed by atoms with E-state index in [4.69, 9.17) is 21.1 Å². The molecule has 0 atom stereocenters. The van der Waals surface area contributed by atoms with Gasteiger partial charge < -0.3 is 14.0 Å². The van der Waals surface area contributed by atoms with Crippen LogP contribution in [0.4, 0.5) is 13.2 Å². The molecule has 0 aliphatic heterocycles. The second-order valence-corrected chi connectivity index (χ2v) is 6.31. The minimum absolute atomic E-state index is 0.0975. The fourth-order valence-electron chi connectivity index (χ4n) is 2.96. The Morgan fingerprint density at radius 3 is 2.14 bits per heavy atom. The zero-order valence-electron chi connectivity index (χ0n) is 15.1. The van der Waals surface area contributed by atoms with Crippen molar-refractivity contribution in [3.8, 4) is 33.9 Å². The van der Waals surface area contributed by atoms with E-state index in [9.17, 15) is 18.0 Å². The van der Waals surface area contributed by atoms with Gasteiger partial charge in [-0.1, -0.05) is 11.6 Å². The number of ether oxygens (including phenoxy) is 2. The first kappa shape index (κ1) is 19.8. The lowest BCUT2D eigenvalue weighted by molar-refractivity contribution is 0.395. The summed E-state index contributed by atoms with van der Waals surface area (Å²) in [4.78, 5) is 12.2. The molecule has 0 amide bonds. The molecule has 28 heavy (non-hydrogen) atoms. The van der Waals surface area contributed by atoms with Crippen LogP contribution in [0.3, 0.4) is 0 Å². The molecule has 4 nitrogen and oxygen atoms in total. The van der Waals surface area contributed by atoms with Gasteiger partial charge in [0, 0.05) is 42.4 Å². The highest BCUT2D eigenvalue weighted by atomic mass is 35.5. The molecular weight excluding hydrogens is 395 g/mol. The van der Waals surface area contributed by atoms with Crippen molar-refractivity contribution in [2.24, 2.45) is 7.05 Å². The summed E-state index contributed by atoms with van der Waals surface area (Å²) in [7, 11) is 4.20. The van der Waals surface area contributed by atoms with Crippen molar-refractivity contribution in [1.29, 1.82) is 0 Å². The van der Waals surface area contributed by atoms with E-state index in [-0.39, 0.29) is 22.0 Å². The van der Waals surface area contributed by atoms with E-state index in [0.29, 0.717) is 23.4 Å². The lowest BCUT2D eigenvalue weighted by Gasteiger charge is -2.18. The first-order chi connectivity index (χ1) is 13.3. The van der Waals surface area contributed by atoms with E-state index in [1.807, 2.05) is 0 Å². The monoisotopic (exact) mass is 409 g/mol. The number of pyridine rings is 1. The van der Waals surface area contributed by atoms with Gasteiger partial charge in [0.1, 0.15) is 29.0 Å².